The maximum atomic E-state index is 12.6. The van der Waals surface area contributed by atoms with Crippen molar-refractivity contribution in [2.45, 2.75) is 34.2 Å². The van der Waals surface area contributed by atoms with Gasteiger partial charge in [-0.15, -0.1) is 0 Å². The molecular weight excluding hydrogens is 314 g/mol. The van der Waals surface area contributed by atoms with Crippen LogP contribution in [0.25, 0.3) is 11.3 Å². The number of hydrogen-bond donors (Lipinski definition) is 1. The number of nitrogens with zero attached hydrogens (tertiary/aromatic N) is 4. The van der Waals surface area contributed by atoms with Gasteiger partial charge in [0.05, 0.1) is 17.5 Å². The number of carbonyl (C=O) groups excluding carboxylic acids is 1. The highest BCUT2D eigenvalue weighted by molar-refractivity contribution is 5.94. The number of pyridine rings is 1. The summed E-state index contributed by atoms with van der Waals surface area (Å²) in [6, 6.07) is 1.94. The van der Waals surface area contributed by atoms with Gasteiger partial charge in [-0.25, -0.2) is 0 Å². The van der Waals surface area contributed by atoms with Crippen LogP contribution in [-0.2, 0) is 6.54 Å². The average molecular weight is 341 g/mol. The minimum atomic E-state index is 0.0621. The van der Waals surface area contributed by atoms with Gasteiger partial charge in [-0.2, -0.15) is 5.10 Å². The van der Waals surface area contributed by atoms with Gasteiger partial charge >= 0.3 is 0 Å². The average Bonchev–Trinajstić information content (AvgIpc) is 3.01. The molecule has 1 amide bonds. The van der Waals surface area contributed by atoms with Gasteiger partial charge in [-0.05, 0) is 24.0 Å². The van der Waals surface area contributed by atoms with Crippen molar-refractivity contribution in [1.29, 1.82) is 0 Å². The fraction of sp³-hybridized carbons (Fsp3) is 0.526. The van der Waals surface area contributed by atoms with E-state index >= 15 is 0 Å². The minimum Gasteiger partial charge on any atom is -0.336 e. The smallest absolute Gasteiger partial charge is 0.255 e. The third kappa shape index (κ3) is 4.25. The molecule has 3 rings (SSSR count). The van der Waals surface area contributed by atoms with E-state index in [1.54, 1.807) is 6.20 Å². The highest BCUT2D eigenvalue weighted by atomic mass is 16.2. The van der Waals surface area contributed by atoms with Crippen LogP contribution in [0.1, 0.15) is 36.7 Å². The zero-order valence-electron chi connectivity index (χ0n) is 15.5. The van der Waals surface area contributed by atoms with E-state index in [-0.39, 0.29) is 11.3 Å². The van der Waals surface area contributed by atoms with Crippen LogP contribution in [0.4, 0.5) is 0 Å². The molecule has 0 atom stereocenters. The first-order valence-electron chi connectivity index (χ1n) is 8.83. The highest BCUT2D eigenvalue weighted by Crippen LogP contribution is 2.23. The first-order chi connectivity index (χ1) is 11.8. The molecule has 2 aromatic rings. The number of piperazine rings is 1. The Labute approximate surface area is 149 Å². The van der Waals surface area contributed by atoms with Crippen molar-refractivity contribution in [1.82, 2.24) is 25.0 Å². The lowest BCUT2D eigenvalue weighted by molar-refractivity contribution is 0.0735. The van der Waals surface area contributed by atoms with Crippen LogP contribution in [-0.4, -0.2) is 51.8 Å². The molecule has 0 aromatic carbocycles. The first-order valence-corrected chi connectivity index (χ1v) is 8.83. The molecule has 134 valence electrons. The van der Waals surface area contributed by atoms with Gasteiger partial charge in [0.25, 0.3) is 5.91 Å². The van der Waals surface area contributed by atoms with Crippen molar-refractivity contribution < 1.29 is 4.79 Å². The Balaban J connectivity index is 1.79. The molecule has 1 aliphatic heterocycles. The van der Waals surface area contributed by atoms with E-state index in [2.05, 4.69) is 36.2 Å². The largest absolute Gasteiger partial charge is 0.336 e. The molecule has 0 radical (unpaired) electrons. The first kappa shape index (κ1) is 17.6. The van der Waals surface area contributed by atoms with Crippen LogP contribution in [0, 0.1) is 12.3 Å². The second-order valence-corrected chi connectivity index (χ2v) is 7.92. The fourth-order valence-electron chi connectivity index (χ4n) is 3.10. The topological polar surface area (TPSA) is 63.1 Å². The summed E-state index contributed by atoms with van der Waals surface area (Å²) in [7, 11) is 0. The summed E-state index contributed by atoms with van der Waals surface area (Å²) in [5.41, 5.74) is 3.70. The number of hydrogen-bond acceptors (Lipinski definition) is 4. The summed E-state index contributed by atoms with van der Waals surface area (Å²) in [6.45, 7) is 12.6. The van der Waals surface area contributed by atoms with Crippen LogP contribution in [0.15, 0.2) is 24.7 Å². The van der Waals surface area contributed by atoms with Crippen molar-refractivity contribution in [2.24, 2.45) is 5.41 Å². The van der Waals surface area contributed by atoms with Crippen LogP contribution in [0.3, 0.4) is 0 Å². The minimum absolute atomic E-state index is 0.0621. The van der Waals surface area contributed by atoms with Gasteiger partial charge in [-0.1, -0.05) is 20.8 Å². The normalized spacial score (nSPS) is 15.4. The van der Waals surface area contributed by atoms with Gasteiger partial charge in [0.2, 0.25) is 0 Å². The summed E-state index contributed by atoms with van der Waals surface area (Å²) in [4.78, 5) is 19.0. The SMILES string of the molecule is Cc1cc(C(=O)N2CCNCC2)cnc1-c1cnn(CC(C)(C)C)c1. The predicted octanol–water partition coefficient (Wildman–Crippen LogP) is 2.35. The molecule has 3 heterocycles. The van der Waals surface area contributed by atoms with Gasteiger partial charge < -0.3 is 10.2 Å². The molecule has 0 bridgehead atoms. The second-order valence-electron chi connectivity index (χ2n) is 7.92. The molecule has 1 saturated heterocycles. The van der Waals surface area contributed by atoms with Crippen LogP contribution < -0.4 is 5.32 Å². The molecule has 2 aromatic heterocycles. The Kier molecular flexibility index (Phi) is 4.90. The molecule has 25 heavy (non-hydrogen) atoms. The van der Waals surface area contributed by atoms with Crippen LogP contribution in [0.5, 0.6) is 0 Å². The Hall–Kier alpha value is -2.21. The quantitative estimate of drug-likeness (QED) is 0.931. The summed E-state index contributed by atoms with van der Waals surface area (Å²) in [5.74, 6) is 0.0621. The monoisotopic (exact) mass is 341 g/mol. The summed E-state index contributed by atoms with van der Waals surface area (Å²) in [5, 5.41) is 7.71. The molecule has 6 nitrogen and oxygen atoms in total. The molecule has 0 unspecified atom stereocenters. The van der Waals surface area contributed by atoms with Gasteiger partial charge in [-0.3, -0.25) is 14.5 Å². The number of nitrogens with one attached hydrogen (secondary N) is 1. The van der Waals surface area contributed by atoms with Gasteiger partial charge in [0.1, 0.15) is 0 Å². The van der Waals surface area contributed by atoms with Crippen molar-refractivity contribution in [3.8, 4) is 11.3 Å². The predicted molar refractivity (Wildman–Crippen MR) is 98.4 cm³/mol. The van der Waals surface area contributed by atoms with Gasteiger partial charge in [0, 0.05) is 50.7 Å². The Bertz CT molecular complexity index is 753. The maximum Gasteiger partial charge on any atom is 0.255 e. The van der Waals surface area contributed by atoms with Crippen LogP contribution >= 0.6 is 0 Å². The lowest BCUT2D eigenvalue weighted by Gasteiger charge is -2.27. The zero-order chi connectivity index (χ0) is 18.0. The lowest BCUT2D eigenvalue weighted by Crippen LogP contribution is -2.46. The Morgan fingerprint density at radius 3 is 2.60 bits per heavy atom. The standard InChI is InChI=1S/C19H27N5O/c1-14-9-15(18(25)23-7-5-20-6-8-23)10-21-17(14)16-11-22-24(12-16)13-19(2,3)4/h9-12,20H,5-8,13H2,1-4H3. The van der Waals surface area contributed by atoms with E-state index < -0.39 is 0 Å². The van der Waals surface area contributed by atoms with E-state index in [0.717, 1.165) is 49.5 Å². The van der Waals surface area contributed by atoms with E-state index in [4.69, 9.17) is 0 Å². The number of carbonyl (C=O) groups is 1. The molecule has 0 spiro atoms. The number of rotatable bonds is 3. The number of amides is 1. The van der Waals surface area contributed by atoms with Crippen LogP contribution in [0.2, 0.25) is 0 Å². The Morgan fingerprint density at radius 1 is 1.24 bits per heavy atom. The third-order valence-electron chi connectivity index (χ3n) is 4.27. The fourth-order valence-corrected chi connectivity index (χ4v) is 3.10. The highest BCUT2D eigenvalue weighted by Gasteiger charge is 2.19. The van der Waals surface area contributed by atoms with E-state index in [9.17, 15) is 4.79 Å². The van der Waals surface area contributed by atoms with Crippen molar-refractivity contribution in [2.75, 3.05) is 26.2 Å². The summed E-state index contributed by atoms with van der Waals surface area (Å²) < 4.78 is 1.95. The molecule has 1 aliphatic rings. The van der Waals surface area contributed by atoms with Crippen molar-refractivity contribution in [3.05, 3.63) is 35.8 Å². The second kappa shape index (κ2) is 6.96. The summed E-state index contributed by atoms with van der Waals surface area (Å²) in [6.07, 6.45) is 5.56. The molecule has 0 saturated carbocycles. The van der Waals surface area contributed by atoms with Gasteiger partial charge in [0.15, 0.2) is 0 Å². The lowest BCUT2D eigenvalue weighted by atomic mass is 9.97. The van der Waals surface area contributed by atoms with E-state index in [0.29, 0.717) is 5.56 Å². The molecule has 1 N–H and O–H groups in total. The summed E-state index contributed by atoms with van der Waals surface area (Å²) >= 11 is 0. The third-order valence-corrected chi connectivity index (χ3v) is 4.27. The molecule has 0 aliphatic carbocycles. The molecule has 6 heteroatoms. The van der Waals surface area contributed by atoms with E-state index in [1.165, 1.54) is 0 Å². The molecular formula is C19H27N5O. The molecule has 1 fully saturated rings. The number of aryl methyl sites for hydroxylation is 1. The van der Waals surface area contributed by atoms with Crippen molar-refractivity contribution >= 4 is 5.91 Å². The van der Waals surface area contributed by atoms with Crippen molar-refractivity contribution in [3.63, 3.8) is 0 Å². The zero-order valence-corrected chi connectivity index (χ0v) is 15.5. The number of aromatic nitrogens is 3. The van der Waals surface area contributed by atoms with E-state index in [1.807, 2.05) is 35.0 Å². The Morgan fingerprint density at radius 2 is 1.96 bits per heavy atom. The maximum absolute atomic E-state index is 12.6.